The van der Waals surface area contributed by atoms with Gasteiger partial charge in [-0.05, 0) is 0 Å². The molecule has 3 heteroatoms. The molecule has 0 aromatic carbocycles. The molecule has 1 aromatic heterocycles. The quantitative estimate of drug-likeness (QED) is 0.430. The summed E-state index contributed by atoms with van der Waals surface area (Å²) in [5, 5.41) is 0.479. The Kier molecular flexibility index (Phi) is 1.28. The first-order valence-corrected chi connectivity index (χ1v) is 2.95. The van der Waals surface area contributed by atoms with E-state index in [4.69, 9.17) is 0 Å². The first kappa shape index (κ1) is 6.86. The Labute approximate surface area is 58.5 Å². The highest BCUT2D eigenvalue weighted by Gasteiger charge is 1.97. The van der Waals surface area contributed by atoms with Crippen molar-refractivity contribution in [2.75, 3.05) is 0 Å². The third kappa shape index (κ3) is 0.635. The molecule has 1 aromatic rings. The smallest absolute Gasteiger partial charge is 0.275 e. The Morgan fingerprint density at radius 1 is 1.20 bits per heavy atom. The van der Waals surface area contributed by atoms with Gasteiger partial charge in [0.15, 0.2) is 0 Å². The van der Waals surface area contributed by atoms with Crippen molar-refractivity contribution < 1.29 is 0 Å². The number of hydrogen-bond acceptors (Lipinski definition) is 1. The molecular weight excluding hydrogens is 128 g/mol. The third-order valence-corrected chi connectivity index (χ3v) is 1.73. The topological polar surface area (TPSA) is 26.9 Å². The molecule has 0 fully saturated rings. The van der Waals surface area contributed by atoms with Gasteiger partial charge in [0.05, 0.1) is 0 Å². The van der Waals surface area contributed by atoms with Gasteiger partial charge >= 0.3 is 0 Å². The van der Waals surface area contributed by atoms with E-state index in [2.05, 4.69) is 13.2 Å². The van der Waals surface area contributed by atoms with Crippen LogP contribution in [0.15, 0.2) is 4.79 Å². The van der Waals surface area contributed by atoms with Gasteiger partial charge in [-0.15, -0.1) is 0 Å². The number of nitrogens with zero attached hydrogens (tertiary/aromatic N) is 2. The summed E-state index contributed by atoms with van der Waals surface area (Å²) in [7, 11) is 3.45. The van der Waals surface area contributed by atoms with E-state index in [0.717, 1.165) is 0 Å². The summed E-state index contributed by atoms with van der Waals surface area (Å²) in [4.78, 5) is 11.0. The van der Waals surface area contributed by atoms with Crippen LogP contribution in [0.3, 0.4) is 0 Å². The predicted octanol–water partition coefficient (Wildman–Crippen LogP) is -1.46. The fourth-order valence-electron chi connectivity index (χ4n) is 0.835. The summed E-state index contributed by atoms with van der Waals surface area (Å²) in [6, 6.07) is 0. The van der Waals surface area contributed by atoms with E-state index >= 15 is 0 Å². The average Bonchev–Trinajstić information content (AvgIpc) is 2.07. The van der Waals surface area contributed by atoms with E-state index in [0.29, 0.717) is 10.8 Å². The van der Waals surface area contributed by atoms with Crippen molar-refractivity contribution in [3.8, 4) is 0 Å². The lowest BCUT2D eigenvalue weighted by molar-refractivity contribution is 0.772. The molecular formula is C7H10N2O. The predicted molar refractivity (Wildman–Crippen MR) is 40.9 cm³/mol. The highest BCUT2D eigenvalue weighted by atomic mass is 16.1. The standard InChI is InChI=1S/C7H10N2O/c1-5-7(10)9(4)6(2)8(5)3/h1-2H2,3-4H3. The molecule has 0 saturated carbocycles. The Morgan fingerprint density at radius 2 is 1.70 bits per heavy atom. The minimum Gasteiger partial charge on any atom is -0.327 e. The van der Waals surface area contributed by atoms with E-state index < -0.39 is 0 Å². The van der Waals surface area contributed by atoms with Crippen LogP contribution in [0.4, 0.5) is 0 Å². The van der Waals surface area contributed by atoms with Crippen molar-refractivity contribution in [1.82, 2.24) is 9.13 Å². The van der Waals surface area contributed by atoms with Crippen LogP contribution in [0.5, 0.6) is 0 Å². The summed E-state index contributed by atoms with van der Waals surface area (Å²) < 4.78 is 3.14. The maximum absolute atomic E-state index is 11.0. The average molecular weight is 138 g/mol. The molecule has 10 heavy (non-hydrogen) atoms. The van der Waals surface area contributed by atoms with Crippen molar-refractivity contribution in [3.05, 3.63) is 21.2 Å². The van der Waals surface area contributed by atoms with Crippen molar-refractivity contribution >= 4 is 13.2 Å². The van der Waals surface area contributed by atoms with Crippen LogP contribution in [0.25, 0.3) is 13.2 Å². The van der Waals surface area contributed by atoms with E-state index in [1.807, 2.05) is 0 Å². The van der Waals surface area contributed by atoms with E-state index in [9.17, 15) is 4.79 Å². The molecule has 1 rings (SSSR count). The van der Waals surface area contributed by atoms with Gasteiger partial charge in [0.1, 0.15) is 10.8 Å². The van der Waals surface area contributed by atoms with Crippen molar-refractivity contribution in [2.45, 2.75) is 0 Å². The molecule has 0 unspecified atom stereocenters. The van der Waals surface area contributed by atoms with Crippen LogP contribution in [0.1, 0.15) is 0 Å². The Hall–Kier alpha value is -1.25. The number of hydrogen-bond donors (Lipinski definition) is 0. The molecule has 1 heterocycles. The summed E-state index contributed by atoms with van der Waals surface area (Å²) in [5.74, 6) is 0. The van der Waals surface area contributed by atoms with Crippen LogP contribution in [-0.4, -0.2) is 9.13 Å². The molecule has 3 nitrogen and oxygen atoms in total. The normalized spacial score (nSPS) is 10.2. The van der Waals surface area contributed by atoms with Crippen LogP contribution in [0, 0.1) is 0 Å². The lowest BCUT2D eigenvalue weighted by Gasteiger charge is -1.88. The monoisotopic (exact) mass is 138 g/mol. The summed E-state index contributed by atoms with van der Waals surface area (Å²) in [6.07, 6.45) is 0. The maximum atomic E-state index is 11.0. The van der Waals surface area contributed by atoms with Gasteiger partial charge in [-0.3, -0.25) is 9.36 Å². The molecule has 54 valence electrons. The van der Waals surface area contributed by atoms with E-state index in [-0.39, 0.29) is 5.56 Å². The zero-order valence-electron chi connectivity index (χ0n) is 6.22. The third-order valence-electron chi connectivity index (χ3n) is 1.73. The molecule has 0 radical (unpaired) electrons. The van der Waals surface area contributed by atoms with Crippen LogP contribution >= 0.6 is 0 Å². The fraction of sp³-hybridized carbons (Fsp3) is 0.286. The van der Waals surface area contributed by atoms with Gasteiger partial charge in [0.25, 0.3) is 5.56 Å². The van der Waals surface area contributed by atoms with Gasteiger partial charge in [-0.25, -0.2) is 0 Å². The molecule has 0 aliphatic carbocycles. The SMILES string of the molecule is C=c1c(=O)n(C)c(=C)n1C. The van der Waals surface area contributed by atoms with Crippen LogP contribution < -0.4 is 16.4 Å². The van der Waals surface area contributed by atoms with E-state index in [1.54, 1.807) is 18.7 Å². The number of rotatable bonds is 0. The zero-order valence-corrected chi connectivity index (χ0v) is 6.22. The largest absolute Gasteiger partial charge is 0.327 e. The zero-order chi connectivity index (χ0) is 7.89. The molecule has 0 N–H and O–H groups in total. The fourth-order valence-corrected chi connectivity index (χ4v) is 0.835. The first-order valence-electron chi connectivity index (χ1n) is 2.95. The summed E-state index contributed by atoms with van der Waals surface area (Å²) in [6.45, 7) is 7.28. The minimum atomic E-state index is -0.0764. The highest BCUT2D eigenvalue weighted by Crippen LogP contribution is 1.54. The second-order valence-corrected chi connectivity index (χ2v) is 2.29. The second kappa shape index (κ2) is 1.87. The molecule has 0 aliphatic rings. The Bertz CT molecular complexity index is 360. The molecule has 0 bridgehead atoms. The lowest BCUT2D eigenvalue weighted by atomic mass is 10.7. The highest BCUT2D eigenvalue weighted by molar-refractivity contribution is 5.01. The second-order valence-electron chi connectivity index (χ2n) is 2.29. The minimum absolute atomic E-state index is 0.0764. The summed E-state index contributed by atoms with van der Waals surface area (Å²) in [5.41, 5.74) is 0.600. The first-order chi connectivity index (χ1) is 4.55. The van der Waals surface area contributed by atoms with Crippen molar-refractivity contribution in [3.63, 3.8) is 0 Å². The number of aromatic nitrogens is 2. The molecule has 0 amide bonds. The Balaban J connectivity index is 3.97. The van der Waals surface area contributed by atoms with Gasteiger partial charge in [0, 0.05) is 14.1 Å². The maximum Gasteiger partial charge on any atom is 0.275 e. The lowest BCUT2D eigenvalue weighted by Crippen LogP contribution is -2.28. The van der Waals surface area contributed by atoms with Gasteiger partial charge in [-0.1, -0.05) is 13.2 Å². The van der Waals surface area contributed by atoms with Crippen molar-refractivity contribution in [2.24, 2.45) is 14.1 Å². The molecule has 0 spiro atoms. The molecule has 0 saturated heterocycles. The van der Waals surface area contributed by atoms with Gasteiger partial charge < -0.3 is 4.57 Å². The van der Waals surface area contributed by atoms with Gasteiger partial charge in [0.2, 0.25) is 0 Å². The van der Waals surface area contributed by atoms with Crippen molar-refractivity contribution in [1.29, 1.82) is 0 Å². The molecule has 0 atom stereocenters. The van der Waals surface area contributed by atoms with Gasteiger partial charge in [-0.2, -0.15) is 0 Å². The molecule has 0 aliphatic heterocycles. The summed E-state index contributed by atoms with van der Waals surface area (Å²) >= 11 is 0. The van der Waals surface area contributed by atoms with Crippen LogP contribution in [0.2, 0.25) is 0 Å². The van der Waals surface area contributed by atoms with Crippen LogP contribution in [-0.2, 0) is 14.1 Å². The Morgan fingerprint density at radius 3 is 1.80 bits per heavy atom. The van der Waals surface area contributed by atoms with E-state index in [1.165, 1.54) is 4.57 Å². The number of imidazole rings is 1.